The number of methoxy groups -OCH3 is 1. The van der Waals surface area contributed by atoms with E-state index >= 15 is 0 Å². The highest BCUT2D eigenvalue weighted by atomic mass is 16.5. The maximum atomic E-state index is 11.0. The van der Waals surface area contributed by atoms with E-state index in [1.807, 2.05) is 0 Å². The molecule has 0 radical (unpaired) electrons. The summed E-state index contributed by atoms with van der Waals surface area (Å²) < 4.78 is 9.85. The molecule has 78 valence electrons. The first-order valence-electron chi connectivity index (χ1n) is 4.95. The Hall–Kier alpha value is -0.570. The van der Waals surface area contributed by atoms with Crippen LogP contribution >= 0.6 is 0 Å². The minimum absolute atomic E-state index is 0.0791. The fourth-order valence-corrected chi connectivity index (χ4v) is 0.918. The molecule has 0 aliphatic rings. The van der Waals surface area contributed by atoms with Crippen LogP contribution in [0.25, 0.3) is 0 Å². The van der Waals surface area contributed by atoms with Crippen molar-refractivity contribution in [2.75, 3.05) is 20.3 Å². The average Bonchev–Trinajstić information content (AvgIpc) is 2.13. The highest BCUT2D eigenvalue weighted by Crippen LogP contribution is 1.98. The molecule has 0 spiro atoms. The summed E-state index contributed by atoms with van der Waals surface area (Å²) in [6.45, 7) is 3.37. The molecule has 13 heavy (non-hydrogen) atoms. The Morgan fingerprint density at radius 2 is 1.92 bits per heavy atom. The minimum atomic E-state index is -0.0791. The molecule has 0 N–H and O–H groups in total. The molecule has 0 aromatic carbocycles. The van der Waals surface area contributed by atoms with Crippen molar-refractivity contribution in [3.05, 3.63) is 0 Å². The van der Waals surface area contributed by atoms with Crippen LogP contribution < -0.4 is 0 Å². The second-order valence-corrected chi connectivity index (χ2v) is 3.02. The molecular formula is C10H20O3. The highest BCUT2D eigenvalue weighted by molar-refractivity contribution is 5.69. The van der Waals surface area contributed by atoms with Crippen LogP contribution in [0.1, 0.15) is 39.0 Å². The van der Waals surface area contributed by atoms with Crippen LogP contribution in [-0.2, 0) is 14.3 Å². The highest BCUT2D eigenvalue weighted by Gasteiger charge is 2.00. The van der Waals surface area contributed by atoms with Crippen molar-refractivity contribution in [1.29, 1.82) is 0 Å². The Balaban J connectivity index is 3.11. The minimum Gasteiger partial charge on any atom is -0.466 e. The molecule has 0 aliphatic heterocycles. The Kier molecular flexibility index (Phi) is 9.10. The monoisotopic (exact) mass is 188 g/mol. The molecule has 0 amide bonds. The third-order valence-electron chi connectivity index (χ3n) is 1.74. The van der Waals surface area contributed by atoms with E-state index in [0.717, 1.165) is 32.3 Å². The predicted molar refractivity (Wildman–Crippen MR) is 51.6 cm³/mol. The molecule has 0 heterocycles. The number of ether oxygens (including phenoxy) is 2. The quantitative estimate of drug-likeness (QED) is 0.432. The number of unbranched alkanes of at least 4 members (excludes halogenated alkanes) is 2. The summed E-state index contributed by atoms with van der Waals surface area (Å²) in [5, 5.41) is 0. The number of carbonyl (C=O) groups is 1. The van der Waals surface area contributed by atoms with Crippen LogP contribution in [0.4, 0.5) is 0 Å². The lowest BCUT2D eigenvalue weighted by Crippen LogP contribution is -2.05. The van der Waals surface area contributed by atoms with Crippen LogP contribution in [0.2, 0.25) is 0 Å². The first-order chi connectivity index (χ1) is 6.31. The van der Waals surface area contributed by atoms with Gasteiger partial charge in [-0.3, -0.25) is 4.79 Å². The molecule has 3 nitrogen and oxygen atoms in total. The summed E-state index contributed by atoms with van der Waals surface area (Å²) in [4.78, 5) is 11.0. The molecular weight excluding hydrogens is 168 g/mol. The standard InChI is InChI=1S/C10H20O3/c1-3-4-9-13-10(11)7-5-6-8-12-2/h3-9H2,1-2H3. The third-order valence-corrected chi connectivity index (χ3v) is 1.74. The van der Waals surface area contributed by atoms with E-state index in [1.54, 1.807) is 7.11 Å². The number of carbonyl (C=O) groups excluding carboxylic acids is 1. The molecule has 0 rings (SSSR count). The van der Waals surface area contributed by atoms with Gasteiger partial charge in [-0.2, -0.15) is 0 Å². The molecule has 3 heteroatoms. The van der Waals surface area contributed by atoms with Gasteiger partial charge in [0, 0.05) is 20.1 Å². The van der Waals surface area contributed by atoms with Crippen molar-refractivity contribution in [3.8, 4) is 0 Å². The summed E-state index contributed by atoms with van der Waals surface area (Å²) in [7, 11) is 1.67. The van der Waals surface area contributed by atoms with Gasteiger partial charge >= 0.3 is 5.97 Å². The van der Waals surface area contributed by atoms with Crippen molar-refractivity contribution < 1.29 is 14.3 Å². The summed E-state index contributed by atoms with van der Waals surface area (Å²) in [6.07, 6.45) is 4.34. The largest absolute Gasteiger partial charge is 0.466 e. The van der Waals surface area contributed by atoms with E-state index in [4.69, 9.17) is 9.47 Å². The first kappa shape index (κ1) is 12.4. The van der Waals surface area contributed by atoms with Crippen molar-refractivity contribution >= 4 is 5.97 Å². The van der Waals surface area contributed by atoms with Gasteiger partial charge in [0.15, 0.2) is 0 Å². The zero-order valence-corrected chi connectivity index (χ0v) is 8.67. The topological polar surface area (TPSA) is 35.5 Å². The molecule has 0 aromatic heterocycles. The Bertz CT molecular complexity index is 123. The molecule has 0 saturated carbocycles. The maximum absolute atomic E-state index is 11.0. The fourth-order valence-electron chi connectivity index (χ4n) is 0.918. The van der Waals surface area contributed by atoms with E-state index in [1.165, 1.54) is 0 Å². The first-order valence-corrected chi connectivity index (χ1v) is 4.95. The smallest absolute Gasteiger partial charge is 0.305 e. The third kappa shape index (κ3) is 9.34. The van der Waals surface area contributed by atoms with Gasteiger partial charge in [-0.05, 0) is 19.3 Å². The molecule has 0 unspecified atom stereocenters. The average molecular weight is 188 g/mol. The molecule has 0 fully saturated rings. The van der Waals surface area contributed by atoms with Gasteiger partial charge in [0.05, 0.1) is 6.61 Å². The van der Waals surface area contributed by atoms with Crippen LogP contribution in [0.3, 0.4) is 0 Å². The van der Waals surface area contributed by atoms with Crippen molar-refractivity contribution in [2.45, 2.75) is 39.0 Å². The summed E-state index contributed by atoms with van der Waals surface area (Å²) in [5.41, 5.74) is 0. The Morgan fingerprint density at radius 1 is 1.15 bits per heavy atom. The lowest BCUT2D eigenvalue weighted by molar-refractivity contribution is -0.143. The van der Waals surface area contributed by atoms with Crippen LogP contribution in [0.5, 0.6) is 0 Å². The van der Waals surface area contributed by atoms with E-state index in [9.17, 15) is 4.79 Å². The SMILES string of the molecule is CCCCOC(=O)CCCCOC. The zero-order chi connectivity index (χ0) is 9.94. The van der Waals surface area contributed by atoms with Crippen LogP contribution in [0.15, 0.2) is 0 Å². The number of esters is 1. The van der Waals surface area contributed by atoms with Crippen LogP contribution in [0, 0.1) is 0 Å². The summed E-state index contributed by atoms with van der Waals surface area (Å²) in [5.74, 6) is -0.0791. The maximum Gasteiger partial charge on any atom is 0.305 e. The number of rotatable bonds is 8. The van der Waals surface area contributed by atoms with Gasteiger partial charge in [0.25, 0.3) is 0 Å². The number of hydrogen-bond donors (Lipinski definition) is 0. The van der Waals surface area contributed by atoms with Crippen molar-refractivity contribution in [2.24, 2.45) is 0 Å². The Morgan fingerprint density at radius 3 is 2.54 bits per heavy atom. The van der Waals surface area contributed by atoms with E-state index in [0.29, 0.717) is 13.0 Å². The number of hydrogen-bond acceptors (Lipinski definition) is 3. The van der Waals surface area contributed by atoms with Crippen molar-refractivity contribution in [3.63, 3.8) is 0 Å². The molecule has 0 saturated heterocycles. The van der Waals surface area contributed by atoms with Gasteiger partial charge < -0.3 is 9.47 Å². The van der Waals surface area contributed by atoms with Gasteiger partial charge in [0.1, 0.15) is 0 Å². The lowest BCUT2D eigenvalue weighted by atomic mass is 10.2. The molecule has 0 aliphatic carbocycles. The van der Waals surface area contributed by atoms with Crippen molar-refractivity contribution in [1.82, 2.24) is 0 Å². The van der Waals surface area contributed by atoms with E-state index < -0.39 is 0 Å². The fraction of sp³-hybridized carbons (Fsp3) is 0.900. The second kappa shape index (κ2) is 9.52. The zero-order valence-electron chi connectivity index (χ0n) is 8.67. The Labute approximate surface area is 80.4 Å². The molecule has 0 atom stereocenters. The summed E-state index contributed by atoms with van der Waals surface area (Å²) >= 11 is 0. The van der Waals surface area contributed by atoms with E-state index in [2.05, 4.69) is 6.92 Å². The van der Waals surface area contributed by atoms with Gasteiger partial charge in [0.2, 0.25) is 0 Å². The van der Waals surface area contributed by atoms with Gasteiger partial charge in [-0.15, -0.1) is 0 Å². The lowest BCUT2D eigenvalue weighted by Gasteiger charge is -2.03. The predicted octanol–water partition coefficient (Wildman–Crippen LogP) is 2.15. The summed E-state index contributed by atoms with van der Waals surface area (Å²) in [6, 6.07) is 0. The normalized spacial score (nSPS) is 10.0. The van der Waals surface area contributed by atoms with Crippen LogP contribution in [-0.4, -0.2) is 26.3 Å². The van der Waals surface area contributed by atoms with Gasteiger partial charge in [-0.1, -0.05) is 13.3 Å². The van der Waals surface area contributed by atoms with Gasteiger partial charge in [-0.25, -0.2) is 0 Å². The molecule has 0 bridgehead atoms. The molecule has 0 aromatic rings. The van der Waals surface area contributed by atoms with E-state index in [-0.39, 0.29) is 5.97 Å². The second-order valence-electron chi connectivity index (χ2n) is 3.02.